The third kappa shape index (κ3) is 2.06. The van der Waals surface area contributed by atoms with E-state index in [1.54, 1.807) is 0 Å². The van der Waals surface area contributed by atoms with Gasteiger partial charge in [-0.3, -0.25) is 0 Å². The lowest BCUT2D eigenvalue weighted by molar-refractivity contribution is -0.202. The van der Waals surface area contributed by atoms with E-state index >= 15 is 0 Å². The quantitative estimate of drug-likeness (QED) is 0.809. The number of ether oxygens (including phenoxy) is 1. The summed E-state index contributed by atoms with van der Waals surface area (Å²) in [4.78, 5) is 14.7. The lowest BCUT2D eigenvalue weighted by atomic mass is 10.1. The van der Waals surface area contributed by atoms with Crippen molar-refractivity contribution in [3.63, 3.8) is 0 Å². The molecule has 0 saturated heterocycles. The normalized spacial score (nSPS) is 12.6. The minimum absolute atomic E-state index is 0.329. The van der Waals surface area contributed by atoms with Crippen LogP contribution in [0.25, 0.3) is 0 Å². The lowest BCUT2D eigenvalue weighted by Crippen LogP contribution is -2.42. The smallest absolute Gasteiger partial charge is 0.411 e. The molecule has 0 aliphatic heterocycles. The molecule has 0 aliphatic rings. The highest BCUT2D eigenvalue weighted by molar-refractivity contribution is 5.92. The van der Waals surface area contributed by atoms with Crippen LogP contribution in [0.2, 0.25) is 0 Å². The number of alkyl halides is 3. The minimum atomic E-state index is -4.52. The SMILES string of the molecule is COC(=O)c1ncn(C(C)(C)C(F)(F)F)c1N. The second kappa shape index (κ2) is 3.94. The number of esters is 1. The van der Waals surface area contributed by atoms with Crippen molar-refractivity contribution in [3.05, 3.63) is 12.0 Å². The van der Waals surface area contributed by atoms with Gasteiger partial charge >= 0.3 is 12.1 Å². The van der Waals surface area contributed by atoms with Crippen molar-refractivity contribution in [2.24, 2.45) is 0 Å². The molecule has 1 rings (SSSR count). The van der Waals surface area contributed by atoms with E-state index in [4.69, 9.17) is 5.73 Å². The molecule has 5 nitrogen and oxygen atoms in total. The summed E-state index contributed by atoms with van der Waals surface area (Å²) in [5.74, 6) is -1.25. The Balaban J connectivity index is 3.27. The second-order valence-electron chi connectivity index (χ2n) is 3.90. The van der Waals surface area contributed by atoms with Crippen molar-refractivity contribution >= 4 is 11.8 Å². The Morgan fingerprint density at radius 3 is 2.41 bits per heavy atom. The molecule has 0 radical (unpaired) electrons. The van der Waals surface area contributed by atoms with Gasteiger partial charge in [-0.15, -0.1) is 0 Å². The fraction of sp³-hybridized carbons (Fsp3) is 0.556. The van der Waals surface area contributed by atoms with Crippen LogP contribution in [-0.2, 0) is 10.3 Å². The highest BCUT2D eigenvalue weighted by Gasteiger charge is 2.50. The minimum Gasteiger partial charge on any atom is -0.464 e. The number of halogens is 3. The van der Waals surface area contributed by atoms with Crippen LogP contribution in [0.4, 0.5) is 19.0 Å². The Morgan fingerprint density at radius 2 is 2.00 bits per heavy atom. The van der Waals surface area contributed by atoms with E-state index in [2.05, 4.69) is 9.72 Å². The van der Waals surface area contributed by atoms with Gasteiger partial charge in [0.25, 0.3) is 0 Å². The number of methoxy groups -OCH3 is 1. The largest absolute Gasteiger partial charge is 0.464 e. The fourth-order valence-electron chi connectivity index (χ4n) is 1.19. The van der Waals surface area contributed by atoms with Gasteiger partial charge in [-0.1, -0.05) is 0 Å². The molecule has 0 fully saturated rings. The van der Waals surface area contributed by atoms with E-state index in [1.165, 1.54) is 0 Å². The summed E-state index contributed by atoms with van der Waals surface area (Å²) >= 11 is 0. The van der Waals surface area contributed by atoms with Crippen LogP contribution in [0.15, 0.2) is 6.33 Å². The summed E-state index contributed by atoms with van der Waals surface area (Å²) in [6.07, 6.45) is -3.65. The molecule has 2 N–H and O–H groups in total. The standard InChI is InChI=1S/C9H12F3N3O2/c1-8(2,9(10,11)12)15-4-14-5(6(15)13)7(16)17-3/h4H,13H2,1-3H3. The predicted molar refractivity (Wildman–Crippen MR) is 53.4 cm³/mol. The van der Waals surface area contributed by atoms with Crippen LogP contribution < -0.4 is 5.73 Å². The first-order chi connectivity index (χ1) is 7.63. The van der Waals surface area contributed by atoms with Gasteiger partial charge in [0, 0.05) is 0 Å². The van der Waals surface area contributed by atoms with Crippen molar-refractivity contribution in [1.29, 1.82) is 0 Å². The van der Waals surface area contributed by atoms with E-state index < -0.39 is 17.7 Å². The van der Waals surface area contributed by atoms with Gasteiger partial charge < -0.3 is 15.0 Å². The zero-order valence-electron chi connectivity index (χ0n) is 9.50. The number of nitrogen functional groups attached to an aromatic ring is 1. The second-order valence-corrected chi connectivity index (χ2v) is 3.90. The molecule has 0 bridgehead atoms. The molecule has 0 spiro atoms. The van der Waals surface area contributed by atoms with Gasteiger partial charge in [0.1, 0.15) is 11.4 Å². The number of imidazole rings is 1. The van der Waals surface area contributed by atoms with Crippen molar-refractivity contribution in [3.8, 4) is 0 Å². The zero-order valence-corrected chi connectivity index (χ0v) is 9.50. The maximum atomic E-state index is 12.8. The topological polar surface area (TPSA) is 70.1 Å². The summed E-state index contributed by atoms with van der Waals surface area (Å²) < 4.78 is 43.4. The van der Waals surface area contributed by atoms with Gasteiger partial charge in [0.15, 0.2) is 5.69 Å². The maximum Gasteiger partial charge on any atom is 0.411 e. The number of rotatable bonds is 2. The number of carbonyl (C=O) groups is 1. The first-order valence-electron chi connectivity index (χ1n) is 4.61. The summed E-state index contributed by atoms with van der Waals surface area (Å²) in [5.41, 5.74) is 2.88. The fourth-order valence-corrected chi connectivity index (χ4v) is 1.19. The van der Waals surface area contributed by atoms with Crippen molar-refractivity contribution in [2.75, 3.05) is 12.8 Å². The van der Waals surface area contributed by atoms with Gasteiger partial charge in [-0.05, 0) is 13.8 Å². The molecule has 0 aliphatic carbocycles. The molecule has 96 valence electrons. The zero-order chi connectivity index (χ0) is 13.4. The number of hydrogen-bond acceptors (Lipinski definition) is 4. The highest BCUT2D eigenvalue weighted by atomic mass is 19.4. The van der Waals surface area contributed by atoms with Crippen LogP contribution in [0.5, 0.6) is 0 Å². The average Bonchev–Trinajstić information content (AvgIpc) is 2.57. The number of carbonyl (C=O) groups excluding carboxylic acids is 1. The molecule has 17 heavy (non-hydrogen) atoms. The molecule has 0 amide bonds. The number of nitrogens with two attached hydrogens (primary N) is 1. The van der Waals surface area contributed by atoms with Gasteiger partial charge in [0.05, 0.1) is 13.4 Å². The Kier molecular flexibility index (Phi) is 3.09. The van der Waals surface area contributed by atoms with E-state index in [9.17, 15) is 18.0 Å². The number of nitrogens with zero attached hydrogens (tertiary/aromatic N) is 2. The third-order valence-corrected chi connectivity index (χ3v) is 2.48. The predicted octanol–water partition coefficient (Wildman–Crippen LogP) is 1.55. The van der Waals surface area contributed by atoms with Crippen molar-refractivity contribution in [1.82, 2.24) is 9.55 Å². The molecule has 0 aromatic carbocycles. The molecular weight excluding hydrogens is 239 g/mol. The molecule has 0 saturated carbocycles. The number of hydrogen-bond donors (Lipinski definition) is 1. The van der Waals surface area contributed by atoms with Crippen molar-refractivity contribution in [2.45, 2.75) is 25.6 Å². The average molecular weight is 251 g/mol. The lowest BCUT2D eigenvalue weighted by Gasteiger charge is -2.30. The van der Waals surface area contributed by atoms with Crippen LogP contribution in [0.3, 0.4) is 0 Å². The summed E-state index contributed by atoms with van der Waals surface area (Å²) in [6.45, 7) is 1.87. The summed E-state index contributed by atoms with van der Waals surface area (Å²) in [5, 5.41) is 0. The van der Waals surface area contributed by atoms with Gasteiger partial charge in [-0.2, -0.15) is 13.2 Å². The monoisotopic (exact) mass is 251 g/mol. The van der Waals surface area contributed by atoms with Crippen LogP contribution in [-0.4, -0.2) is 28.8 Å². The molecule has 1 aromatic heterocycles. The first kappa shape index (κ1) is 13.3. The molecule has 1 aromatic rings. The van der Waals surface area contributed by atoms with Crippen molar-refractivity contribution < 1.29 is 22.7 Å². The maximum absolute atomic E-state index is 12.8. The molecular formula is C9H12F3N3O2. The third-order valence-electron chi connectivity index (χ3n) is 2.48. The summed E-state index contributed by atoms with van der Waals surface area (Å²) in [6, 6.07) is 0. The van der Waals surface area contributed by atoms with Gasteiger partial charge in [0.2, 0.25) is 0 Å². The van der Waals surface area contributed by atoms with E-state index in [0.717, 1.165) is 27.3 Å². The Labute approximate surface area is 95.4 Å². The van der Waals surface area contributed by atoms with Crippen LogP contribution in [0.1, 0.15) is 24.3 Å². The van der Waals surface area contributed by atoms with E-state index in [-0.39, 0.29) is 11.5 Å². The van der Waals surface area contributed by atoms with Crippen LogP contribution in [0, 0.1) is 0 Å². The van der Waals surface area contributed by atoms with E-state index in [0.29, 0.717) is 4.57 Å². The van der Waals surface area contributed by atoms with Crippen LogP contribution >= 0.6 is 0 Å². The highest BCUT2D eigenvalue weighted by Crippen LogP contribution is 2.38. The molecule has 0 atom stereocenters. The number of anilines is 1. The number of aromatic nitrogens is 2. The molecule has 0 unspecified atom stereocenters. The molecule has 1 heterocycles. The molecule has 8 heteroatoms. The van der Waals surface area contributed by atoms with E-state index in [1.807, 2.05) is 0 Å². The Bertz CT molecular complexity index is 437. The Morgan fingerprint density at radius 1 is 1.47 bits per heavy atom. The first-order valence-corrected chi connectivity index (χ1v) is 4.61. The summed E-state index contributed by atoms with van der Waals surface area (Å²) in [7, 11) is 1.09. The Hall–Kier alpha value is -1.73. The van der Waals surface area contributed by atoms with Gasteiger partial charge in [-0.25, -0.2) is 9.78 Å².